The Hall–Kier alpha value is -2.62. The van der Waals surface area contributed by atoms with Crippen molar-refractivity contribution in [1.82, 2.24) is 19.9 Å². The minimum Gasteiger partial charge on any atom is -0.258 e. The van der Waals surface area contributed by atoms with Crippen LogP contribution in [0.4, 0.5) is 0 Å². The molecule has 0 unspecified atom stereocenters. The second-order valence-electron chi connectivity index (χ2n) is 4.70. The van der Waals surface area contributed by atoms with Crippen molar-refractivity contribution in [3.8, 4) is 22.6 Å². The van der Waals surface area contributed by atoms with Gasteiger partial charge in [0.25, 0.3) is 0 Å². The van der Waals surface area contributed by atoms with Gasteiger partial charge in [0.2, 0.25) is 0 Å². The number of benzene rings is 1. The average Bonchev–Trinajstić information content (AvgIpc) is 2.49. The molecule has 3 aromatic rings. The van der Waals surface area contributed by atoms with E-state index in [9.17, 15) is 0 Å². The van der Waals surface area contributed by atoms with E-state index in [0.717, 1.165) is 22.5 Å². The monoisotopic (exact) mass is 262 g/mol. The van der Waals surface area contributed by atoms with Crippen LogP contribution in [-0.2, 0) is 0 Å². The fraction of sp³-hybridized carbons (Fsp3) is 0.125. The summed E-state index contributed by atoms with van der Waals surface area (Å²) in [6.07, 6.45) is 7.03. The van der Waals surface area contributed by atoms with E-state index in [1.54, 1.807) is 24.8 Å². The number of aryl methyl sites for hydroxylation is 2. The molecule has 0 radical (unpaired) electrons. The summed E-state index contributed by atoms with van der Waals surface area (Å²) in [4.78, 5) is 17.3. The van der Waals surface area contributed by atoms with Gasteiger partial charge in [0.1, 0.15) is 0 Å². The molecule has 4 nitrogen and oxygen atoms in total. The van der Waals surface area contributed by atoms with Gasteiger partial charge in [-0.15, -0.1) is 0 Å². The Morgan fingerprint density at radius 3 is 1.95 bits per heavy atom. The number of aromatic nitrogens is 4. The zero-order chi connectivity index (χ0) is 13.9. The Labute approximate surface area is 117 Å². The van der Waals surface area contributed by atoms with Crippen molar-refractivity contribution in [3.05, 3.63) is 60.3 Å². The highest BCUT2D eigenvalue weighted by atomic mass is 14.9. The predicted molar refractivity (Wildman–Crippen MR) is 78.0 cm³/mol. The first-order chi connectivity index (χ1) is 9.72. The standard InChI is InChI=1S/C16H14N4/c1-11-3-5-13(6-4-11)16-19-8-14(9-20-16)15-10-17-12(2)7-18-15/h3-10H,1-2H3. The van der Waals surface area contributed by atoms with E-state index in [-0.39, 0.29) is 0 Å². The van der Waals surface area contributed by atoms with Crippen LogP contribution in [0.3, 0.4) is 0 Å². The van der Waals surface area contributed by atoms with Crippen LogP contribution in [0.15, 0.2) is 49.1 Å². The van der Waals surface area contributed by atoms with E-state index in [1.807, 2.05) is 19.1 Å². The van der Waals surface area contributed by atoms with E-state index in [0.29, 0.717) is 5.82 Å². The maximum Gasteiger partial charge on any atom is 0.159 e. The average molecular weight is 262 g/mol. The molecule has 1 aromatic carbocycles. The summed E-state index contributed by atoms with van der Waals surface area (Å²) in [5, 5.41) is 0. The van der Waals surface area contributed by atoms with Crippen LogP contribution in [0.5, 0.6) is 0 Å². The van der Waals surface area contributed by atoms with Crippen LogP contribution >= 0.6 is 0 Å². The van der Waals surface area contributed by atoms with Crippen LogP contribution < -0.4 is 0 Å². The fourth-order valence-corrected chi connectivity index (χ4v) is 1.85. The lowest BCUT2D eigenvalue weighted by atomic mass is 10.1. The highest BCUT2D eigenvalue weighted by Gasteiger charge is 2.04. The van der Waals surface area contributed by atoms with Gasteiger partial charge in [0.15, 0.2) is 5.82 Å². The van der Waals surface area contributed by atoms with Gasteiger partial charge in [-0.25, -0.2) is 9.97 Å². The van der Waals surface area contributed by atoms with Crippen molar-refractivity contribution in [3.63, 3.8) is 0 Å². The quantitative estimate of drug-likeness (QED) is 0.711. The lowest BCUT2D eigenvalue weighted by Gasteiger charge is -2.03. The van der Waals surface area contributed by atoms with Gasteiger partial charge in [-0.2, -0.15) is 0 Å². The second kappa shape index (κ2) is 5.17. The Morgan fingerprint density at radius 1 is 0.650 bits per heavy atom. The molecule has 2 aromatic heterocycles. The van der Waals surface area contributed by atoms with Crippen molar-refractivity contribution in [2.75, 3.05) is 0 Å². The van der Waals surface area contributed by atoms with Crippen LogP contribution in [0, 0.1) is 13.8 Å². The smallest absolute Gasteiger partial charge is 0.159 e. The van der Waals surface area contributed by atoms with E-state index in [4.69, 9.17) is 0 Å². The minimum atomic E-state index is 0.717. The Morgan fingerprint density at radius 2 is 1.35 bits per heavy atom. The normalized spacial score (nSPS) is 10.5. The fourth-order valence-electron chi connectivity index (χ4n) is 1.85. The van der Waals surface area contributed by atoms with Gasteiger partial charge in [0, 0.05) is 29.7 Å². The molecule has 0 aliphatic heterocycles. The summed E-state index contributed by atoms with van der Waals surface area (Å²) in [7, 11) is 0. The Bertz CT molecular complexity index is 636. The van der Waals surface area contributed by atoms with E-state index in [1.165, 1.54) is 5.56 Å². The highest BCUT2D eigenvalue weighted by molar-refractivity contribution is 5.60. The molecule has 98 valence electrons. The van der Waals surface area contributed by atoms with Crippen LogP contribution in [-0.4, -0.2) is 19.9 Å². The predicted octanol–water partition coefficient (Wildman–Crippen LogP) is 3.22. The van der Waals surface area contributed by atoms with Gasteiger partial charge in [0.05, 0.1) is 17.6 Å². The molecular weight excluding hydrogens is 248 g/mol. The molecule has 0 N–H and O–H groups in total. The molecule has 3 rings (SSSR count). The molecule has 0 saturated heterocycles. The molecule has 0 atom stereocenters. The summed E-state index contributed by atoms with van der Waals surface area (Å²) >= 11 is 0. The summed E-state index contributed by atoms with van der Waals surface area (Å²) < 4.78 is 0. The third-order valence-corrected chi connectivity index (χ3v) is 3.04. The lowest BCUT2D eigenvalue weighted by molar-refractivity contribution is 1.11. The van der Waals surface area contributed by atoms with Crippen molar-refractivity contribution in [1.29, 1.82) is 0 Å². The van der Waals surface area contributed by atoms with E-state index in [2.05, 4.69) is 39.0 Å². The third kappa shape index (κ3) is 2.54. The SMILES string of the molecule is Cc1ccc(-c2ncc(-c3cnc(C)cn3)cn2)cc1. The van der Waals surface area contributed by atoms with Gasteiger partial charge >= 0.3 is 0 Å². The largest absolute Gasteiger partial charge is 0.258 e. The van der Waals surface area contributed by atoms with Gasteiger partial charge < -0.3 is 0 Å². The number of hydrogen-bond donors (Lipinski definition) is 0. The molecule has 0 saturated carbocycles. The lowest BCUT2D eigenvalue weighted by Crippen LogP contribution is -1.92. The van der Waals surface area contributed by atoms with Crippen molar-refractivity contribution < 1.29 is 0 Å². The Kier molecular flexibility index (Phi) is 3.21. The van der Waals surface area contributed by atoms with E-state index < -0.39 is 0 Å². The molecule has 0 bridgehead atoms. The summed E-state index contributed by atoms with van der Waals surface area (Å²) in [6, 6.07) is 8.15. The number of rotatable bonds is 2. The summed E-state index contributed by atoms with van der Waals surface area (Å²) in [5.41, 5.74) is 4.78. The first-order valence-electron chi connectivity index (χ1n) is 6.40. The Balaban J connectivity index is 1.91. The zero-order valence-electron chi connectivity index (χ0n) is 11.4. The van der Waals surface area contributed by atoms with Crippen molar-refractivity contribution in [2.24, 2.45) is 0 Å². The summed E-state index contributed by atoms with van der Waals surface area (Å²) in [6.45, 7) is 3.97. The third-order valence-electron chi connectivity index (χ3n) is 3.04. The van der Waals surface area contributed by atoms with Crippen LogP contribution in [0.2, 0.25) is 0 Å². The molecule has 2 heterocycles. The zero-order valence-corrected chi connectivity index (χ0v) is 11.4. The number of nitrogens with zero attached hydrogens (tertiary/aromatic N) is 4. The van der Waals surface area contributed by atoms with Crippen LogP contribution in [0.25, 0.3) is 22.6 Å². The molecular formula is C16H14N4. The highest BCUT2D eigenvalue weighted by Crippen LogP contribution is 2.18. The maximum absolute atomic E-state index is 4.40. The second-order valence-corrected chi connectivity index (χ2v) is 4.70. The molecule has 0 aliphatic carbocycles. The molecule has 0 amide bonds. The van der Waals surface area contributed by atoms with Crippen molar-refractivity contribution in [2.45, 2.75) is 13.8 Å². The topological polar surface area (TPSA) is 51.6 Å². The van der Waals surface area contributed by atoms with Gasteiger partial charge in [-0.1, -0.05) is 29.8 Å². The molecule has 0 aliphatic rings. The molecule has 20 heavy (non-hydrogen) atoms. The summed E-state index contributed by atoms with van der Waals surface area (Å²) in [5.74, 6) is 0.717. The first kappa shape index (κ1) is 12.4. The van der Waals surface area contributed by atoms with Gasteiger partial charge in [-0.05, 0) is 13.8 Å². The molecule has 4 heteroatoms. The number of hydrogen-bond acceptors (Lipinski definition) is 4. The van der Waals surface area contributed by atoms with Gasteiger partial charge in [-0.3, -0.25) is 9.97 Å². The van der Waals surface area contributed by atoms with Crippen LogP contribution in [0.1, 0.15) is 11.3 Å². The van der Waals surface area contributed by atoms with Crippen molar-refractivity contribution >= 4 is 0 Å². The molecule has 0 fully saturated rings. The van der Waals surface area contributed by atoms with E-state index >= 15 is 0 Å². The molecule has 0 spiro atoms. The minimum absolute atomic E-state index is 0.717. The maximum atomic E-state index is 4.40. The first-order valence-corrected chi connectivity index (χ1v) is 6.40.